The molecule has 1 aromatic rings. The number of nitrogens with one attached hydrogen (secondary N) is 1. The topological polar surface area (TPSA) is 65.8 Å². The lowest BCUT2D eigenvalue weighted by Gasteiger charge is -2.38. The summed E-state index contributed by atoms with van der Waals surface area (Å²) in [6.45, 7) is 5.78. The molecule has 4 rings (SSSR count). The van der Waals surface area contributed by atoms with Crippen LogP contribution in [0.2, 0.25) is 0 Å². The van der Waals surface area contributed by atoms with Crippen molar-refractivity contribution in [3.8, 4) is 0 Å². The van der Waals surface area contributed by atoms with Gasteiger partial charge in [-0.15, -0.1) is 0 Å². The molecule has 1 aromatic heterocycles. The molecule has 2 unspecified atom stereocenters. The number of hydrogen-bond acceptors (Lipinski definition) is 6. The van der Waals surface area contributed by atoms with Crippen LogP contribution in [0.15, 0.2) is 28.0 Å². The quantitative estimate of drug-likeness (QED) is 0.782. The maximum atomic E-state index is 12.6. The van der Waals surface area contributed by atoms with E-state index in [1.165, 1.54) is 0 Å². The molecule has 0 aromatic carbocycles. The van der Waals surface area contributed by atoms with Crippen molar-refractivity contribution in [1.82, 2.24) is 19.4 Å². The number of nitrogens with zero attached hydrogens (tertiary/aromatic N) is 5. The maximum Gasteiger partial charge on any atom is 0.256 e. The van der Waals surface area contributed by atoms with Crippen molar-refractivity contribution in [3.63, 3.8) is 0 Å². The van der Waals surface area contributed by atoms with Gasteiger partial charge in [0.15, 0.2) is 0 Å². The molecule has 1 saturated heterocycles. The average molecular weight is 342 g/mol. The molecule has 134 valence electrons. The van der Waals surface area contributed by atoms with E-state index in [0.717, 1.165) is 57.1 Å². The van der Waals surface area contributed by atoms with E-state index in [4.69, 9.17) is 4.99 Å². The number of aliphatic imine (C=N–C) groups is 1. The zero-order valence-corrected chi connectivity index (χ0v) is 15.0. The van der Waals surface area contributed by atoms with Gasteiger partial charge >= 0.3 is 0 Å². The number of aryl methyl sites for hydroxylation is 1. The van der Waals surface area contributed by atoms with Gasteiger partial charge in [0, 0.05) is 43.9 Å². The monoisotopic (exact) mass is 342 g/mol. The highest BCUT2D eigenvalue weighted by Gasteiger charge is 2.32. The van der Waals surface area contributed by atoms with Crippen LogP contribution < -0.4 is 10.9 Å². The Morgan fingerprint density at radius 3 is 2.72 bits per heavy atom. The highest BCUT2D eigenvalue weighted by molar-refractivity contribution is 5.93. The van der Waals surface area contributed by atoms with E-state index in [1.807, 2.05) is 6.92 Å². The minimum Gasteiger partial charge on any atom is -0.340 e. The van der Waals surface area contributed by atoms with Crippen molar-refractivity contribution in [3.05, 3.63) is 34.3 Å². The van der Waals surface area contributed by atoms with Crippen LogP contribution in [0, 0.1) is 12.8 Å². The third-order valence-electron chi connectivity index (χ3n) is 5.36. The molecule has 0 spiro atoms. The van der Waals surface area contributed by atoms with Gasteiger partial charge in [0.05, 0.1) is 0 Å². The van der Waals surface area contributed by atoms with Crippen LogP contribution in [0.3, 0.4) is 0 Å². The van der Waals surface area contributed by atoms with Crippen LogP contribution >= 0.6 is 0 Å². The Bertz CT molecular complexity index is 759. The van der Waals surface area contributed by atoms with E-state index < -0.39 is 0 Å². The van der Waals surface area contributed by atoms with Gasteiger partial charge < -0.3 is 9.80 Å². The third kappa shape index (κ3) is 3.20. The fraction of sp³-hybridized carbons (Fsp3) is 0.611. The number of allylic oxidation sites excluding steroid dienone is 2. The fourth-order valence-electron chi connectivity index (χ4n) is 3.85. The first-order valence-corrected chi connectivity index (χ1v) is 9.15. The first-order valence-electron chi connectivity index (χ1n) is 9.15. The summed E-state index contributed by atoms with van der Waals surface area (Å²) in [4.78, 5) is 26.8. The maximum absolute atomic E-state index is 12.6. The minimum atomic E-state index is -0.170. The Hall–Kier alpha value is -2.15. The summed E-state index contributed by atoms with van der Waals surface area (Å²) in [5, 5.41) is 3.32. The zero-order chi connectivity index (χ0) is 17.4. The van der Waals surface area contributed by atoms with Gasteiger partial charge in [0.25, 0.3) is 5.56 Å². The summed E-state index contributed by atoms with van der Waals surface area (Å²) in [5.74, 6) is 1.84. The van der Waals surface area contributed by atoms with Crippen molar-refractivity contribution >= 4 is 11.9 Å². The molecule has 0 bridgehead atoms. The van der Waals surface area contributed by atoms with Gasteiger partial charge in [-0.05, 0) is 33.2 Å². The van der Waals surface area contributed by atoms with E-state index >= 15 is 0 Å². The summed E-state index contributed by atoms with van der Waals surface area (Å²) >= 11 is 0. The number of aromatic nitrogens is 2. The van der Waals surface area contributed by atoms with Crippen LogP contribution in [-0.2, 0) is 0 Å². The lowest BCUT2D eigenvalue weighted by Crippen LogP contribution is -2.51. The number of likely N-dealkylation sites (N-methyl/N-ethyl adjacent to an activating group) is 1. The van der Waals surface area contributed by atoms with Crippen LogP contribution in [0.4, 0.5) is 5.95 Å². The second-order valence-electron chi connectivity index (χ2n) is 7.26. The largest absolute Gasteiger partial charge is 0.340 e. The number of hydrogen-bond donors (Lipinski definition) is 1. The van der Waals surface area contributed by atoms with Crippen molar-refractivity contribution in [2.45, 2.75) is 32.4 Å². The molecule has 2 aliphatic heterocycles. The number of piperazine rings is 1. The van der Waals surface area contributed by atoms with Crippen LogP contribution in [0.5, 0.6) is 0 Å². The summed E-state index contributed by atoms with van der Waals surface area (Å²) in [6, 6.07) is 1.60. The Morgan fingerprint density at radius 1 is 1.20 bits per heavy atom. The highest BCUT2D eigenvalue weighted by Crippen LogP contribution is 2.33. The molecule has 0 radical (unpaired) electrons. The van der Waals surface area contributed by atoms with Crippen LogP contribution in [-0.4, -0.2) is 58.5 Å². The third-order valence-corrected chi connectivity index (χ3v) is 5.36. The van der Waals surface area contributed by atoms with Gasteiger partial charge in [-0.1, -0.05) is 12.2 Å². The molecule has 3 aliphatic rings. The van der Waals surface area contributed by atoms with Gasteiger partial charge in [-0.25, -0.2) is 9.98 Å². The molecule has 2 atom stereocenters. The fourth-order valence-corrected chi connectivity index (χ4v) is 3.85. The van der Waals surface area contributed by atoms with Crippen molar-refractivity contribution in [2.75, 3.05) is 38.5 Å². The Kier molecular flexibility index (Phi) is 4.33. The van der Waals surface area contributed by atoms with Crippen molar-refractivity contribution in [1.29, 1.82) is 0 Å². The SMILES string of the molecule is Cc1cc(=O)n2c(n1)NC(N1CCN(C)CC1)=NC2C1CC=CCC1. The number of anilines is 1. The van der Waals surface area contributed by atoms with E-state index in [1.54, 1.807) is 10.6 Å². The number of fused-ring (bicyclic) bond motifs is 1. The summed E-state index contributed by atoms with van der Waals surface area (Å²) in [5.41, 5.74) is 0.724. The normalized spacial score (nSPS) is 26.8. The molecule has 1 fully saturated rings. The van der Waals surface area contributed by atoms with Gasteiger partial charge in [-0.3, -0.25) is 14.7 Å². The van der Waals surface area contributed by atoms with E-state index in [0.29, 0.717) is 11.9 Å². The van der Waals surface area contributed by atoms with Gasteiger partial charge in [0.1, 0.15) is 6.17 Å². The standard InChI is InChI=1S/C18H26N6O/c1-13-12-15(25)24-16(14-6-4-3-5-7-14)20-17(21-18(24)19-13)23-10-8-22(2)9-11-23/h3-4,12,14,16H,5-11H2,1-2H3,(H,19,20,21). The molecular weight excluding hydrogens is 316 g/mol. The molecular formula is C18H26N6O. The predicted molar refractivity (Wildman–Crippen MR) is 98.9 cm³/mol. The molecule has 3 heterocycles. The Morgan fingerprint density at radius 2 is 2.00 bits per heavy atom. The summed E-state index contributed by atoms with van der Waals surface area (Å²) in [6.07, 6.45) is 7.34. The first-order chi connectivity index (χ1) is 12.1. The summed E-state index contributed by atoms with van der Waals surface area (Å²) in [7, 11) is 2.14. The highest BCUT2D eigenvalue weighted by atomic mass is 16.1. The average Bonchev–Trinajstić information content (AvgIpc) is 2.62. The van der Waals surface area contributed by atoms with E-state index in [2.05, 4.69) is 39.3 Å². The number of rotatable bonds is 1. The molecule has 1 N–H and O–H groups in total. The van der Waals surface area contributed by atoms with E-state index in [9.17, 15) is 4.79 Å². The molecule has 0 amide bonds. The minimum absolute atomic E-state index is 0.0178. The smallest absolute Gasteiger partial charge is 0.256 e. The van der Waals surface area contributed by atoms with Crippen molar-refractivity contribution < 1.29 is 0 Å². The summed E-state index contributed by atoms with van der Waals surface area (Å²) < 4.78 is 1.75. The second kappa shape index (κ2) is 6.63. The van der Waals surface area contributed by atoms with Gasteiger partial charge in [-0.2, -0.15) is 0 Å². The first kappa shape index (κ1) is 16.3. The van der Waals surface area contributed by atoms with Gasteiger partial charge in [0.2, 0.25) is 11.9 Å². The Balaban J connectivity index is 1.71. The second-order valence-corrected chi connectivity index (χ2v) is 7.26. The molecule has 7 nitrogen and oxygen atoms in total. The Labute approximate surface area is 148 Å². The molecule has 1 aliphatic carbocycles. The molecule has 25 heavy (non-hydrogen) atoms. The molecule has 0 saturated carbocycles. The lowest BCUT2D eigenvalue weighted by atomic mass is 9.91. The van der Waals surface area contributed by atoms with Crippen molar-refractivity contribution in [2.24, 2.45) is 10.9 Å². The predicted octanol–water partition coefficient (Wildman–Crippen LogP) is 1.44. The zero-order valence-electron chi connectivity index (χ0n) is 15.0. The number of guanidine groups is 1. The van der Waals surface area contributed by atoms with Crippen LogP contribution in [0.1, 0.15) is 31.1 Å². The van der Waals surface area contributed by atoms with Crippen LogP contribution in [0.25, 0.3) is 0 Å². The lowest BCUT2D eigenvalue weighted by molar-refractivity contribution is 0.210. The molecule has 7 heteroatoms. The van der Waals surface area contributed by atoms with E-state index in [-0.39, 0.29) is 11.7 Å².